The maximum Gasteiger partial charge on any atom is 0.137 e. The molecule has 0 atom stereocenters. The Morgan fingerprint density at radius 2 is 1.81 bits per heavy atom. The van der Waals surface area contributed by atoms with Gasteiger partial charge < -0.3 is 0 Å². The Labute approximate surface area is 101 Å². The minimum atomic E-state index is 0.141. The molecule has 0 amide bonds. The highest BCUT2D eigenvalue weighted by Gasteiger charge is 2.14. The van der Waals surface area contributed by atoms with Crippen LogP contribution in [-0.2, 0) is 5.41 Å². The molecular formula is C14H16ClN. The molecule has 2 rings (SSSR count). The van der Waals surface area contributed by atoms with Gasteiger partial charge in [0.15, 0.2) is 0 Å². The van der Waals surface area contributed by atoms with Crippen LogP contribution in [0.1, 0.15) is 32.0 Å². The van der Waals surface area contributed by atoms with Crippen molar-refractivity contribution in [2.45, 2.75) is 33.1 Å². The van der Waals surface area contributed by atoms with Crippen molar-refractivity contribution >= 4 is 22.4 Å². The van der Waals surface area contributed by atoms with E-state index in [1.807, 2.05) is 6.92 Å². The van der Waals surface area contributed by atoms with Crippen LogP contribution >= 0.6 is 11.6 Å². The highest BCUT2D eigenvalue weighted by molar-refractivity contribution is 6.34. The highest BCUT2D eigenvalue weighted by atomic mass is 35.5. The molecule has 0 radical (unpaired) electrons. The first-order chi connectivity index (χ1) is 7.38. The molecule has 0 saturated heterocycles. The van der Waals surface area contributed by atoms with E-state index in [9.17, 15) is 0 Å². The van der Waals surface area contributed by atoms with Gasteiger partial charge in [0, 0.05) is 11.1 Å². The lowest BCUT2D eigenvalue weighted by atomic mass is 9.86. The van der Waals surface area contributed by atoms with Crippen molar-refractivity contribution in [1.82, 2.24) is 4.98 Å². The Morgan fingerprint density at radius 1 is 1.12 bits per heavy atom. The summed E-state index contributed by atoms with van der Waals surface area (Å²) in [6.45, 7) is 8.56. The van der Waals surface area contributed by atoms with Crippen LogP contribution in [0.15, 0.2) is 24.3 Å². The molecule has 1 nitrogen and oxygen atoms in total. The van der Waals surface area contributed by atoms with Crippen molar-refractivity contribution in [3.8, 4) is 0 Å². The quantitative estimate of drug-likeness (QED) is 0.611. The zero-order valence-corrected chi connectivity index (χ0v) is 10.9. The topological polar surface area (TPSA) is 12.9 Å². The molecule has 1 heterocycles. The van der Waals surface area contributed by atoms with Gasteiger partial charge in [-0.05, 0) is 35.4 Å². The second-order valence-corrected chi connectivity index (χ2v) is 5.60. The van der Waals surface area contributed by atoms with Crippen LogP contribution in [0, 0.1) is 6.92 Å². The molecule has 84 valence electrons. The molecule has 1 aromatic carbocycles. The molecule has 0 bridgehead atoms. The molecule has 16 heavy (non-hydrogen) atoms. The summed E-state index contributed by atoms with van der Waals surface area (Å²) in [5.41, 5.74) is 2.39. The van der Waals surface area contributed by atoms with E-state index in [1.54, 1.807) is 0 Å². The summed E-state index contributed by atoms with van der Waals surface area (Å²) >= 11 is 6.17. The van der Waals surface area contributed by atoms with Gasteiger partial charge in [0.25, 0.3) is 0 Å². The molecule has 1 aromatic heterocycles. The third-order valence-electron chi connectivity index (χ3n) is 2.78. The van der Waals surface area contributed by atoms with Crippen LogP contribution in [0.4, 0.5) is 0 Å². The van der Waals surface area contributed by atoms with Crippen molar-refractivity contribution in [2.24, 2.45) is 0 Å². The van der Waals surface area contributed by atoms with Gasteiger partial charge in [0.05, 0.1) is 0 Å². The second-order valence-electron chi connectivity index (χ2n) is 5.24. The Kier molecular flexibility index (Phi) is 2.67. The predicted octanol–water partition coefficient (Wildman–Crippen LogP) is 4.49. The van der Waals surface area contributed by atoms with E-state index in [0.29, 0.717) is 5.15 Å². The zero-order chi connectivity index (χ0) is 11.9. The largest absolute Gasteiger partial charge is 0.241 e. The van der Waals surface area contributed by atoms with E-state index in [1.165, 1.54) is 5.56 Å². The molecule has 0 aliphatic carbocycles. The first-order valence-corrected chi connectivity index (χ1v) is 5.83. The van der Waals surface area contributed by atoms with Gasteiger partial charge >= 0.3 is 0 Å². The maximum absolute atomic E-state index is 6.17. The Bertz CT molecular complexity index is 538. The molecule has 0 fully saturated rings. The van der Waals surface area contributed by atoms with E-state index in [0.717, 1.165) is 16.5 Å². The lowest BCUT2D eigenvalue weighted by molar-refractivity contribution is 0.591. The van der Waals surface area contributed by atoms with Crippen LogP contribution in [-0.4, -0.2) is 4.98 Å². The van der Waals surface area contributed by atoms with Gasteiger partial charge in [-0.2, -0.15) is 0 Å². The number of halogens is 1. The fourth-order valence-corrected chi connectivity index (χ4v) is 2.10. The third kappa shape index (κ3) is 2.05. The monoisotopic (exact) mass is 233 g/mol. The lowest BCUT2D eigenvalue weighted by Crippen LogP contribution is -2.10. The average Bonchev–Trinajstić information content (AvgIpc) is 2.15. The molecule has 0 N–H and O–H groups in total. The third-order valence-corrected chi connectivity index (χ3v) is 3.07. The summed E-state index contributed by atoms with van der Waals surface area (Å²) in [4.78, 5) is 4.29. The van der Waals surface area contributed by atoms with Crippen molar-refractivity contribution < 1.29 is 0 Å². The van der Waals surface area contributed by atoms with Crippen LogP contribution in [0.2, 0.25) is 5.15 Å². The average molecular weight is 234 g/mol. The maximum atomic E-state index is 6.17. The van der Waals surface area contributed by atoms with Gasteiger partial charge in [0.1, 0.15) is 5.15 Å². The second kappa shape index (κ2) is 3.74. The predicted molar refractivity (Wildman–Crippen MR) is 70.2 cm³/mol. The molecule has 0 unspecified atom stereocenters. The van der Waals surface area contributed by atoms with Crippen LogP contribution < -0.4 is 0 Å². The van der Waals surface area contributed by atoms with Gasteiger partial charge in [-0.15, -0.1) is 0 Å². The standard InChI is InChI=1S/C14H16ClN/c1-9-7-10-5-6-11(14(2,3)4)8-12(10)13(15)16-9/h5-8H,1-4H3. The summed E-state index contributed by atoms with van der Waals surface area (Å²) in [6, 6.07) is 8.49. The number of nitrogens with zero attached hydrogens (tertiary/aromatic N) is 1. The van der Waals surface area contributed by atoms with E-state index in [-0.39, 0.29) is 5.41 Å². The Hall–Kier alpha value is -1.08. The first kappa shape index (κ1) is 11.4. The van der Waals surface area contributed by atoms with E-state index >= 15 is 0 Å². The first-order valence-electron chi connectivity index (χ1n) is 5.45. The fourth-order valence-electron chi connectivity index (χ4n) is 1.80. The minimum absolute atomic E-state index is 0.141. The number of fused-ring (bicyclic) bond motifs is 1. The number of hydrogen-bond donors (Lipinski definition) is 0. The van der Waals surface area contributed by atoms with E-state index < -0.39 is 0 Å². The number of hydrogen-bond acceptors (Lipinski definition) is 1. The number of aromatic nitrogens is 1. The van der Waals surface area contributed by atoms with E-state index in [4.69, 9.17) is 11.6 Å². The number of rotatable bonds is 0. The van der Waals surface area contributed by atoms with Crippen molar-refractivity contribution in [2.75, 3.05) is 0 Å². The smallest absolute Gasteiger partial charge is 0.137 e. The van der Waals surface area contributed by atoms with Gasteiger partial charge in [-0.25, -0.2) is 4.98 Å². The molecule has 2 heteroatoms. The molecule has 2 aromatic rings. The summed E-state index contributed by atoms with van der Waals surface area (Å²) in [6.07, 6.45) is 0. The Balaban J connectivity index is 2.72. The number of benzene rings is 1. The molecule has 0 aliphatic rings. The fraction of sp³-hybridized carbons (Fsp3) is 0.357. The SMILES string of the molecule is Cc1cc2ccc(C(C)(C)C)cc2c(Cl)n1. The highest BCUT2D eigenvalue weighted by Crippen LogP contribution is 2.29. The van der Waals surface area contributed by atoms with Crippen LogP contribution in [0.25, 0.3) is 10.8 Å². The van der Waals surface area contributed by atoms with Crippen LogP contribution in [0.5, 0.6) is 0 Å². The molecule has 0 aliphatic heterocycles. The van der Waals surface area contributed by atoms with Gasteiger partial charge in [-0.3, -0.25) is 0 Å². The van der Waals surface area contributed by atoms with Crippen molar-refractivity contribution in [3.63, 3.8) is 0 Å². The van der Waals surface area contributed by atoms with Gasteiger partial charge in [-0.1, -0.05) is 44.5 Å². The summed E-state index contributed by atoms with van der Waals surface area (Å²) in [5.74, 6) is 0. The summed E-state index contributed by atoms with van der Waals surface area (Å²) in [5, 5.41) is 2.80. The zero-order valence-electron chi connectivity index (χ0n) is 10.1. The normalized spacial score (nSPS) is 12.1. The molecule has 0 saturated carbocycles. The van der Waals surface area contributed by atoms with Crippen molar-refractivity contribution in [3.05, 3.63) is 40.7 Å². The summed E-state index contributed by atoms with van der Waals surface area (Å²) < 4.78 is 0. The number of pyridine rings is 1. The van der Waals surface area contributed by atoms with Crippen molar-refractivity contribution in [1.29, 1.82) is 0 Å². The minimum Gasteiger partial charge on any atom is -0.241 e. The van der Waals surface area contributed by atoms with Crippen LogP contribution in [0.3, 0.4) is 0 Å². The molecule has 0 spiro atoms. The molecular weight excluding hydrogens is 218 g/mol. The number of aryl methyl sites for hydroxylation is 1. The van der Waals surface area contributed by atoms with Gasteiger partial charge in [0.2, 0.25) is 0 Å². The Morgan fingerprint density at radius 3 is 2.44 bits per heavy atom. The van der Waals surface area contributed by atoms with E-state index in [2.05, 4.69) is 50.0 Å². The summed E-state index contributed by atoms with van der Waals surface area (Å²) in [7, 11) is 0. The lowest BCUT2D eigenvalue weighted by Gasteiger charge is -2.19.